The van der Waals surface area contributed by atoms with Crippen molar-refractivity contribution in [2.75, 3.05) is 19.8 Å². The number of hydrogen-bond donors (Lipinski definition) is 2. The molecule has 4 rings (SSSR count). The smallest absolute Gasteiger partial charge is 0.272 e. The van der Waals surface area contributed by atoms with E-state index in [9.17, 15) is 9.59 Å². The van der Waals surface area contributed by atoms with Gasteiger partial charge < -0.3 is 14.8 Å². The molecule has 0 saturated carbocycles. The summed E-state index contributed by atoms with van der Waals surface area (Å²) in [7, 11) is 0. The van der Waals surface area contributed by atoms with Crippen molar-refractivity contribution in [3.05, 3.63) is 64.1 Å². The monoisotopic (exact) mass is 351 g/mol. The Labute approximate surface area is 148 Å². The molecule has 0 atom stereocenters. The summed E-state index contributed by atoms with van der Waals surface area (Å²) >= 11 is 0. The fourth-order valence-corrected chi connectivity index (χ4v) is 2.94. The maximum absolute atomic E-state index is 12.5. The second-order valence-electron chi connectivity index (χ2n) is 5.93. The van der Waals surface area contributed by atoms with Crippen LogP contribution in [0, 0.1) is 0 Å². The first kappa shape index (κ1) is 16.1. The number of H-pyrrole nitrogens is 1. The summed E-state index contributed by atoms with van der Waals surface area (Å²) in [5.74, 6) is 1.15. The van der Waals surface area contributed by atoms with Crippen LogP contribution >= 0.6 is 0 Å². The molecule has 1 aliphatic heterocycles. The Hall–Kier alpha value is -3.35. The van der Waals surface area contributed by atoms with Crippen molar-refractivity contribution >= 4 is 16.7 Å². The van der Waals surface area contributed by atoms with Crippen molar-refractivity contribution in [1.29, 1.82) is 0 Å². The molecule has 3 aromatic rings. The Bertz CT molecular complexity index is 1030. The summed E-state index contributed by atoms with van der Waals surface area (Å²) in [6.45, 7) is 1.54. The number of nitrogens with zero attached hydrogens (tertiary/aromatic N) is 1. The molecule has 2 aromatic carbocycles. The molecule has 0 unspecified atom stereocenters. The third-order valence-electron chi connectivity index (χ3n) is 4.22. The van der Waals surface area contributed by atoms with E-state index in [2.05, 4.69) is 15.5 Å². The fourth-order valence-electron chi connectivity index (χ4n) is 2.94. The van der Waals surface area contributed by atoms with Gasteiger partial charge in [-0.2, -0.15) is 5.10 Å². The van der Waals surface area contributed by atoms with Gasteiger partial charge in [0.25, 0.3) is 11.5 Å². The van der Waals surface area contributed by atoms with E-state index >= 15 is 0 Å². The van der Waals surface area contributed by atoms with E-state index in [-0.39, 0.29) is 17.2 Å². The molecule has 2 N–H and O–H groups in total. The second kappa shape index (κ2) is 6.87. The lowest BCUT2D eigenvalue weighted by atomic mass is 10.1. The number of rotatable bonds is 4. The van der Waals surface area contributed by atoms with Gasteiger partial charge in [0.2, 0.25) is 0 Å². The van der Waals surface area contributed by atoms with Crippen LogP contribution in [0.15, 0.2) is 47.3 Å². The van der Waals surface area contributed by atoms with Gasteiger partial charge in [-0.25, -0.2) is 5.10 Å². The van der Waals surface area contributed by atoms with Gasteiger partial charge in [0.05, 0.1) is 5.39 Å². The first-order chi connectivity index (χ1) is 12.7. The first-order valence-corrected chi connectivity index (χ1v) is 8.36. The molecule has 1 aromatic heterocycles. The predicted molar refractivity (Wildman–Crippen MR) is 95.8 cm³/mol. The number of amides is 1. The normalized spacial score (nSPS) is 12.8. The van der Waals surface area contributed by atoms with Crippen LogP contribution in [0.2, 0.25) is 0 Å². The van der Waals surface area contributed by atoms with Crippen LogP contribution in [0.5, 0.6) is 11.5 Å². The van der Waals surface area contributed by atoms with Gasteiger partial charge in [-0.15, -0.1) is 0 Å². The zero-order valence-electron chi connectivity index (χ0n) is 14.0. The van der Waals surface area contributed by atoms with Crippen molar-refractivity contribution in [1.82, 2.24) is 15.5 Å². The van der Waals surface area contributed by atoms with Gasteiger partial charge >= 0.3 is 0 Å². The number of nitrogens with one attached hydrogen (secondary N) is 2. The van der Waals surface area contributed by atoms with E-state index in [1.54, 1.807) is 24.3 Å². The van der Waals surface area contributed by atoms with Crippen LogP contribution in [0.1, 0.15) is 16.1 Å². The van der Waals surface area contributed by atoms with Gasteiger partial charge in [-0.1, -0.05) is 24.3 Å². The van der Waals surface area contributed by atoms with E-state index in [1.807, 2.05) is 18.2 Å². The summed E-state index contributed by atoms with van der Waals surface area (Å²) in [6.07, 6.45) is 0.643. The summed E-state index contributed by atoms with van der Waals surface area (Å²) in [4.78, 5) is 24.3. The molecule has 0 aliphatic carbocycles. The third-order valence-corrected chi connectivity index (χ3v) is 4.22. The van der Waals surface area contributed by atoms with Gasteiger partial charge in [0.15, 0.2) is 17.2 Å². The van der Waals surface area contributed by atoms with E-state index < -0.39 is 0 Å². The summed E-state index contributed by atoms with van der Waals surface area (Å²) in [5.41, 5.74) is 0.935. The van der Waals surface area contributed by atoms with Gasteiger partial charge in [-0.3, -0.25) is 9.59 Å². The summed E-state index contributed by atoms with van der Waals surface area (Å²) in [6, 6.07) is 12.7. The highest BCUT2D eigenvalue weighted by Gasteiger charge is 2.14. The molecule has 0 radical (unpaired) electrons. The molecule has 7 heteroatoms. The van der Waals surface area contributed by atoms with Crippen LogP contribution < -0.4 is 20.3 Å². The minimum absolute atomic E-state index is 0.211. The average molecular weight is 351 g/mol. The Balaban J connectivity index is 1.45. The zero-order chi connectivity index (χ0) is 17.9. The number of ether oxygens (including phenoxy) is 2. The number of aromatic amines is 1. The minimum atomic E-state index is -0.324. The molecular formula is C19H17N3O4. The Morgan fingerprint density at radius 3 is 2.69 bits per heavy atom. The second-order valence-corrected chi connectivity index (χ2v) is 5.93. The van der Waals surface area contributed by atoms with E-state index in [4.69, 9.17) is 9.47 Å². The average Bonchev–Trinajstić information content (AvgIpc) is 2.68. The molecule has 1 aliphatic rings. The predicted octanol–water partition coefficient (Wildman–Crippen LogP) is 1.67. The van der Waals surface area contributed by atoms with Crippen molar-refractivity contribution in [2.24, 2.45) is 0 Å². The van der Waals surface area contributed by atoms with Crippen molar-refractivity contribution in [2.45, 2.75) is 6.42 Å². The third kappa shape index (κ3) is 3.11. The van der Waals surface area contributed by atoms with Crippen molar-refractivity contribution in [3.63, 3.8) is 0 Å². The number of aromatic nitrogens is 2. The van der Waals surface area contributed by atoms with Crippen LogP contribution in [0.3, 0.4) is 0 Å². The standard InChI is InChI=1S/C19H17N3O4/c23-18-14-4-2-1-3-13(14)17(21-22-18)19(24)20-8-7-12-5-6-15-16(11-12)26-10-9-25-15/h1-6,11H,7-10H2,(H,20,24)(H,22,23). The lowest BCUT2D eigenvalue weighted by Gasteiger charge is -2.18. The zero-order valence-corrected chi connectivity index (χ0v) is 14.0. The SMILES string of the molecule is O=C(NCCc1ccc2c(c1)OCCO2)c1n[nH]c(=O)c2ccccc12. The molecule has 0 bridgehead atoms. The van der Waals surface area contributed by atoms with Gasteiger partial charge in [0, 0.05) is 11.9 Å². The number of carbonyl (C=O) groups is 1. The molecule has 132 valence electrons. The van der Waals surface area contributed by atoms with Crippen molar-refractivity contribution in [3.8, 4) is 11.5 Å². The highest BCUT2D eigenvalue weighted by molar-refractivity contribution is 6.04. The summed E-state index contributed by atoms with van der Waals surface area (Å²) in [5, 5.41) is 10.1. The quantitative estimate of drug-likeness (QED) is 0.746. The fraction of sp³-hybridized carbons (Fsp3) is 0.211. The molecular weight excluding hydrogens is 334 g/mol. The molecule has 2 heterocycles. The molecule has 26 heavy (non-hydrogen) atoms. The molecule has 0 saturated heterocycles. The number of hydrogen-bond acceptors (Lipinski definition) is 5. The molecule has 0 spiro atoms. The summed E-state index contributed by atoms with van der Waals surface area (Å²) < 4.78 is 11.1. The molecule has 0 fully saturated rings. The number of benzene rings is 2. The molecule has 1 amide bonds. The largest absolute Gasteiger partial charge is 0.486 e. The van der Waals surface area contributed by atoms with Crippen LogP contribution in [0.4, 0.5) is 0 Å². The lowest BCUT2D eigenvalue weighted by Crippen LogP contribution is -2.28. The number of fused-ring (bicyclic) bond motifs is 2. The number of carbonyl (C=O) groups excluding carboxylic acids is 1. The van der Waals surface area contributed by atoms with Crippen molar-refractivity contribution < 1.29 is 14.3 Å². The topological polar surface area (TPSA) is 93.3 Å². The van der Waals surface area contributed by atoms with Crippen LogP contribution in [-0.4, -0.2) is 35.9 Å². The van der Waals surface area contributed by atoms with E-state index in [1.165, 1.54) is 0 Å². The van der Waals surface area contributed by atoms with E-state index in [0.29, 0.717) is 37.0 Å². The Kier molecular flexibility index (Phi) is 4.27. The van der Waals surface area contributed by atoms with Gasteiger partial charge in [0.1, 0.15) is 13.2 Å². The highest BCUT2D eigenvalue weighted by Crippen LogP contribution is 2.30. The first-order valence-electron chi connectivity index (χ1n) is 8.36. The van der Waals surface area contributed by atoms with Crippen LogP contribution in [-0.2, 0) is 6.42 Å². The Morgan fingerprint density at radius 1 is 1.08 bits per heavy atom. The van der Waals surface area contributed by atoms with Crippen LogP contribution in [0.25, 0.3) is 10.8 Å². The van der Waals surface area contributed by atoms with E-state index in [0.717, 1.165) is 17.1 Å². The Morgan fingerprint density at radius 2 is 1.85 bits per heavy atom. The maximum atomic E-state index is 12.5. The molecule has 7 nitrogen and oxygen atoms in total. The lowest BCUT2D eigenvalue weighted by molar-refractivity contribution is 0.0950. The maximum Gasteiger partial charge on any atom is 0.272 e. The van der Waals surface area contributed by atoms with Gasteiger partial charge in [-0.05, 0) is 30.2 Å². The minimum Gasteiger partial charge on any atom is -0.486 e. The highest BCUT2D eigenvalue weighted by atomic mass is 16.6.